The smallest absolute Gasteiger partial charge is 0.0601 e. The van der Waals surface area contributed by atoms with Gasteiger partial charge >= 0.3 is 0 Å². The minimum Gasteiger partial charge on any atom is -0.381 e. The highest BCUT2D eigenvalue weighted by Crippen LogP contribution is 2.28. The molecule has 2 heteroatoms. The predicted molar refractivity (Wildman–Crippen MR) is 73.8 cm³/mol. The van der Waals surface area contributed by atoms with Crippen molar-refractivity contribution in [3.63, 3.8) is 0 Å². The second kappa shape index (κ2) is 5.02. The van der Waals surface area contributed by atoms with Crippen molar-refractivity contribution in [1.29, 1.82) is 0 Å². The van der Waals surface area contributed by atoms with Gasteiger partial charge in [-0.15, -0.1) is 0 Å². The van der Waals surface area contributed by atoms with Crippen molar-refractivity contribution in [2.75, 3.05) is 7.11 Å². The molecule has 0 saturated heterocycles. The van der Waals surface area contributed by atoms with E-state index in [1.807, 2.05) is 7.11 Å². The Morgan fingerprint density at radius 2 is 2.00 bits per heavy atom. The highest BCUT2D eigenvalue weighted by atomic mass is 16.5. The number of rotatable bonds is 4. The first-order chi connectivity index (χ1) is 8.76. The van der Waals surface area contributed by atoms with Crippen LogP contribution in [0.3, 0.4) is 0 Å². The highest BCUT2D eigenvalue weighted by molar-refractivity contribution is 5.36. The second-order valence-electron chi connectivity index (χ2n) is 5.80. The van der Waals surface area contributed by atoms with Crippen molar-refractivity contribution in [3.05, 3.63) is 34.9 Å². The minimum absolute atomic E-state index is 0.457. The molecule has 1 atom stereocenters. The number of fused-ring (bicyclic) bond motifs is 1. The van der Waals surface area contributed by atoms with Crippen molar-refractivity contribution in [3.8, 4) is 0 Å². The van der Waals surface area contributed by atoms with Gasteiger partial charge in [0.25, 0.3) is 0 Å². The van der Waals surface area contributed by atoms with E-state index in [2.05, 4.69) is 30.4 Å². The van der Waals surface area contributed by atoms with Crippen LogP contribution in [-0.4, -0.2) is 19.3 Å². The number of methoxy groups -OCH3 is 1. The quantitative estimate of drug-likeness (QED) is 0.880. The lowest BCUT2D eigenvalue weighted by molar-refractivity contribution is 0.0147. The van der Waals surface area contributed by atoms with E-state index in [0.717, 1.165) is 12.8 Å². The Balaban J connectivity index is 1.61. The third-order valence-corrected chi connectivity index (χ3v) is 4.54. The van der Waals surface area contributed by atoms with Crippen molar-refractivity contribution in [2.24, 2.45) is 0 Å². The maximum atomic E-state index is 5.32. The molecule has 1 aromatic carbocycles. The van der Waals surface area contributed by atoms with Gasteiger partial charge in [0.2, 0.25) is 0 Å². The van der Waals surface area contributed by atoms with E-state index < -0.39 is 0 Å². The van der Waals surface area contributed by atoms with Crippen LogP contribution < -0.4 is 5.32 Å². The molecule has 0 aliphatic heterocycles. The second-order valence-corrected chi connectivity index (χ2v) is 5.80. The van der Waals surface area contributed by atoms with Crippen LogP contribution in [0.15, 0.2) is 18.2 Å². The zero-order valence-electron chi connectivity index (χ0n) is 11.4. The largest absolute Gasteiger partial charge is 0.381 e. The predicted octanol–water partition coefficient (Wildman–Crippen LogP) is 3.00. The molecule has 2 aliphatic rings. The zero-order valence-corrected chi connectivity index (χ0v) is 11.4. The Morgan fingerprint density at radius 1 is 1.22 bits per heavy atom. The molecule has 1 fully saturated rings. The maximum Gasteiger partial charge on any atom is 0.0601 e. The van der Waals surface area contributed by atoms with Crippen LogP contribution in [0.2, 0.25) is 0 Å². The number of hydrogen-bond donors (Lipinski definition) is 1. The lowest BCUT2D eigenvalue weighted by Crippen LogP contribution is -2.45. The summed E-state index contributed by atoms with van der Waals surface area (Å²) in [4.78, 5) is 0. The van der Waals surface area contributed by atoms with E-state index in [0.29, 0.717) is 18.2 Å². The number of aryl methyl sites for hydroxylation is 2. The summed E-state index contributed by atoms with van der Waals surface area (Å²) in [6, 6.07) is 8.13. The normalized spacial score (nSPS) is 27.7. The minimum atomic E-state index is 0.457. The van der Waals surface area contributed by atoms with Gasteiger partial charge in [-0.25, -0.2) is 0 Å². The molecule has 0 heterocycles. The van der Waals surface area contributed by atoms with Gasteiger partial charge in [0.15, 0.2) is 0 Å². The average Bonchev–Trinajstić information content (AvgIpc) is 2.79. The van der Waals surface area contributed by atoms with Crippen LogP contribution in [-0.2, 0) is 17.6 Å². The molecule has 0 aromatic heterocycles. The number of ether oxygens (including phenoxy) is 1. The molecule has 0 amide bonds. The third kappa shape index (κ3) is 2.32. The summed E-state index contributed by atoms with van der Waals surface area (Å²) in [6.45, 7) is 2.27. The lowest BCUT2D eigenvalue weighted by atomic mass is 9.88. The Labute approximate surface area is 110 Å². The Hall–Kier alpha value is -0.860. The summed E-state index contributed by atoms with van der Waals surface area (Å²) < 4.78 is 5.32. The van der Waals surface area contributed by atoms with Gasteiger partial charge in [-0.1, -0.05) is 18.2 Å². The van der Waals surface area contributed by atoms with Crippen LogP contribution in [0.4, 0.5) is 0 Å². The van der Waals surface area contributed by atoms with Gasteiger partial charge < -0.3 is 10.1 Å². The summed E-state index contributed by atoms with van der Waals surface area (Å²) in [6.07, 6.45) is 6.67. The van der Waals surface area contributed by atoms with Crippen LogP contribution in [0, 0.1) is 0 Å². The molecule has 2 aliphatic carbocycles. The van der Waals surface area contributed by atoms with Crippen molar-refractivity contribution in [1.82, 2.24) is 5.32 Å². The van der Waals surface area contributed by atoms with Crippen LogP contribution in [0.25, 0.3) is 0 Å². The highest BCUT2D eigenvalue weighted by Gasteiger charge is 2.29. The first-order valence-electron chi connectivity index (χ1n) is 7.17. The molecule has 2 nitrogen and oxygen atoms in total. The van der Waals surface area contributed by atoms with Crippen molar-refractivity contribution in [2.45, 2.75) is 57.2 Å². The van der Waals surface area contributed by atoms with E-state index >= 15 is 0 Å². The zero-order chi connectivity index (χ0) is 12.5. The fourth-order valence-electron chi connectivity index (χ4n) is 3.21. The van der Waals surface area contributed by atoms with Crippen molar-refractivity contribution >= 4 is 0 Å². The molecule has 0 spiro atoms. The Bertz CT molecular complexity index is 423. The van der Waals surface area contributed by atoms with E-state index in [-0.39, 0.29) is 0 Å². The summed E-state index contributed by atoms with van der Waals surface area (Å²) >= 11 is 0. The van der Waals surface area contributed by atoms with Crippen LogP contribution in [0.1, 0.15) is 48.9 Å². The third-order valence-electron chi connectivity index (χ3n) is 4.54. The first-order valence-corrected chi connectivity index (χ1v) is 7.17. The van der Waals surface area contributed by atoms with E-state index in [4.69, 9.17) is 4.74 Å². The van der Waals surface area contributed by atoms with Gasteiger partial charge in [0.05, 0.1) is 6.10 Å². The summed E-state index contributed by atoms with van der Waals surface area (Å²) in [5.74, 6) is 0. The molecule has 18 heavy (non-hydrogen) atoms. The lowest BCUT2D eigenvalue weighted by Gasteiger charge is -2.36. The SMILES string of the molecule is COC1CC(NC(C)c2ccc3c(c2)CCC3)C1. The molecular weight excluding hydrogens is 222 g/mol. The molecule has 1 N–H and O–H groups in total. The van der Waals surface area contributed by atoms with Gasteiger partial charge in [0, 0.05) is 19.2 Å². The fourth-order valence-corrected chi connectivity index (χ4v) is 3.21. The summed E-state index contributed by atoms with van der Waals surface area (Å²) in [7, 11) is 1.81. The van der Waals surface area contributed by atoms with Gasteiger partial charge in [-0.05, 0) is 55.7 Å². The number of benzene rings is 1. The average molecular weight is 245 g/mol. The first kappa shape index (κ1) is 12.2. The number of hydrogen-bond acceptors (Lipinski definition) is 2. The molecule has 3 rings (SSSR count). The van der Waals surface area contributed by atoms with E-state index in [1.165, 1.54) is 24.8 Å². The molecule has 1 saturated carbocycles. The molecule has 0 radical (unpaired) electrons. The Morgan fingerprint density at radius 3 is 2.78 bits per heavy atom. The molecule has 0 bridgehead atoms. The maximum absolute atomic E-state index is 5.32. The molecule has 98 valence electrons. The molecule has 1 aromatic rings. The van der Waals surface area contributed by atoms with Crippen LogP contribution in [0.5, 0.6) is 0 Å². The fraction of sp³-hybridized carbons (Fsp3) is 0.625. The molecule has 1 unspecified atom stereocenters. The van der Waals surface area contributed by atoms with Crippen molar-refractivity contribution < 1.29 is 4.74 Å². The van der Waals surface area contributed by atoms with Gasteiger partial charge in [0.1, 0.15) is 0 Å². The number of nitrogens with one attached hydrogen (secondary N) is 1. The van der Waals surface area contributed by atoms with Crippen LogP contribution >= 0.6 is 0 Å². The van der Waals surface area contributed by atoms with Gasteiger partial charge in [-0.3, -0.25) is 0 Å². The van der Waals surface area contributed by atoms with E-state index in [9.17, 15) is 0 Å². The standard InChI is InChI=1S/C16H23NO/c1-11(17-15-9-16(10-15)18-2)13-7-6-12-4-3-5-14(12)8-13/h6-8,11,15-17H,3-5,9-10H2,1-2H3. The van der Waals surface area contributed by atoms with E-state index in [1.54, 1.807) is 11.1 Å². The molecular formula is C16H23NO. The monoisotopic (exact) mass is 245 g/mol. The topological polar surface area (TPSA) is 21.3 Å². The Kier molecular flexibility index (Phi) is 3.40. The van der Waals surface area contributed by atoms with Gasteiger partial charge in [-0.2, -0.15) is 0 Å². The summed E-state index contributed by atoms with van der Waals surface area (Å²) in [5, 5.41) is 3.71. The summed E-state index contributed by atoms with van der Waals surface area (Å²) in [5.41, 5.74) is 4.58.